The molecule has 5 heteroatoms. The van der Waals surface area contributed by atoms with E-state index in [0.29, 0.717) is 11.3 Å². The Morgan fingerprint density at radius 1 is 1.29 bits per heavy atom. The fourth-order valence-corrected chi connectivity index (χ4v) is 4.12. The van der Waals surface area contributed by atoms with Gasteiger partial charge in [0.25, 0.3) is 0 Å². The summed E-state index contributed by atoms with van der Waals surface area (Å²) in [5.41, 5.74) is 2.08. The molecule has 0 unspecified atom stereocenters. The van der Waals surface area contributed by atoms with Crippen molar-refractivity contribution >= 4 is 11.0 Å². The molecule has 4 rings (SSSR count). The second-order valence-electron chi connectivity index (χ2n) is 7.76. The van der Waals surface area contributed by atoms with Gasteiger partial charge in [0.1, 0.15) is 11.6 Å². The third kappa shape index (κ3) is 3.33. The smallest absolute Gasteiger partial charge is 0.125 e. The molecule has 4 nitrogen and oxygen atoms in total. The Morgan fingerprint density at radius 2 is 2.04 bits per heavy atom. The number of hydrogen-bond donors (Lipinski definition) is 1. The van der Waals surface area contributed by atoms with Crippen LogP contribution < -0.4 is 0 Å². The van der Waals surface area contributed by atoms with Crippen LogP contribution in [0.4, 0.5) is 4.39 Å². The quantitative estimate of drug-likeness (QED) is 0.932. The van der Waals surface area contributed by atoms with Gasteiger partial charge in [-0.3, -0.25) is 0 Å². The van der Waals surface area contributed by atoms with Crippen LogP contribution in [-0.4, -0.2) is 47.7 Å². The molecular formula is C19H26FN3O. The lowest BCUT2D eigenvalue weighted by atomic mass is 9.81. The van der Waals surface area contributed by atoms with E-state index < -0.39 is 0 Å². The predicted octanol–water partition coefficient (Wildman–Crippen LogP) is 3.70. The molecule has 0 radical (unpaired) electrons. The zero-order valence-corrected chi connectivity index (χ0v) is 14.4. The molecule has 130 valence electrons. The van der Waals surface area contributed by atoms with Gasteiger partial charge in [0.15, 0.2) is 0 Å². The average Bonchev–Trinajstić information content (AvgIpc) is 2.99. The molecule has 24 heavy (non-hydrogen) atoms. The number of ether oxygens (including phenoxy) is 1. The second kappa shape index (κ2) is 6.45. The Labute approximate surface area is 142 Å². The molecule has 2 saturated heterocycles. The molecule has 0 spiro atoms. The van der Waals surface area contributed by atoms with Gasteiger partial charge in [-0.05, 0) is 62.4 Å². The molecule has 0 saturated carbocycles. The maximum absolute atomic E-state index is 13.3. The molecule has 0 atom stereocenters. The van der Waals surface area contributed by atoms with E-state index >= 15 is 0 Å². The van der Waals surface area contributed by atoms with Crippen LogP contribution in [0.2, 0.25) is 0 Å². The van der Waals surface area contributed by atoms with Gasteiger partial charge in [0.05, 0.1) is 11.0 Å². The molecule has 0 aliphatic carbocycles. The number of benzene rings is 1. The summed E-state index contributed by atoms with van der Waals surface area (Å²) in [7, 11) is 0. The molecule has 1 aromatic carbocycles. The third-order valence-corrected chi connectivity index (χ3v) is 5.74. The van der Waals surface area contributed by atoms with E-state index in [1.165, 1.54) is 31.5 Å². The van der Waals surface area contributed by atoms with E-state index in [1.807, 2.05) is 0 Å². The number of imidazole rings is 1. The lowest BCUT2D eigenvalue weighted by Gasteiger charge is -2.40. The monoisotopic (exact) mass is 331 g/mol. The highest BCUT2D eigenvalue weighted by molar-refractivity contribution is 5.75. The Morgan fingerprint density at radius 3 is 2.79 bits per heavy atom. The molecule has 1 N–H and O–H groups in total. The van der Waals surface area contributed by atoms with Crippen LogP contribution in [0, 0.1) is 11.2 Å². The standard InChI is InChI=1S/C19H26FN3O/c1-19(6-10-24-11-7-19)13-23-8-4-14(5-9-23)18-21-16-3-2-15(20)12-17(16)22-18/h2-3,12,14H,4-11,13H2,1H3,(H,21,22). The molecule has 2 aliphatic heterocycles. The van der Waals surface area contributed by atoms with Crippen molar-refractivity contribution in [2.45, 2.75) is 38.5 Å². The van der Waals surface area contributed by atoms with Crippen LogP contribution in [0.25, 0.3) is 11.0 Å². The van der Waals surface area contributed by atoms with Gasteiger partial charge in [-0.25, -0.2) is 9.37 Å². The maximum Gasteiger partial charge on any atom is 0.125 e. The molecule has 1 aromatic heterocycles. The van der Waals surface area contributed by atoms with Crippen LogP contribution in [0.5, 0.6) is 0 Å². The molecule has 0 amide bonds. The summed E-state index contributed by atoms with van der Waals surface area (Å²) in [6.45, 7) is 7.62. The number of nitrogens with one attached hydrogen (secondary N) is 1. The fourth-order valence-electron chi connectivity index (χ4n) is 4.12. The van der Waals surface area contributed by atoms with Gasteiger partial charge in [-0.2, -0.15) is 0 Å². The van der Waals surface area contributed by atoms with Crippen molar-refractivity contribution in [3.8, 4) is 0 Å². The highest BCUT2D eigenvalue weighted by atomic mass is 19.1. The first kappa shape index (κ1) is 16.0. The first-order chi connectivity index (χ1) is 11.6. The predicted molar refractivity (Wildman–Crippen MR) is 92.6 cm³/mol. The Kier molecular flexibility index (Phi) is 4.31. The number of H-pyrrole nitrogens is 1. The summed E-state index contributed by atoms with van der Waals surface area (Å²) in [6, 6.07) is 4.77. The van der Waals surface area contributed by atoms with Crippen molar-refractivity contribution in [3.05, 3.63) is 29.8 Å². The van der Waals surface area contributed by atoms with Gasteiger partial charge in [0, 0.05) is 25.7 Å². The molecule has 2 aromatic rings. The largest absolute Gasteiger partial charge is 0.381 e. The summed E-state index contributed by atoms with van der Waals surface area (Å²) in [4.78, 5) is 10.6. The zero-order chi connectivity index (χ0) is 16.6. The highest BCUT2D eigenvalue weighted by Crippen LogP contribution is 2.34. The molecular weight excluding hydrogens is 305 g/mol. The van der Waals surface area contributed by atoms with Crippen molar-refractivity contribution in [1.29, 1.82) is 0 Å². The van der Waals surface area contributed by atoms with Crippen LogP contribution in [0.15, 0.2) is 18.2 Å². The lowest BCUT2D eigenvalue weighted by molar-refractivity contribution is 0.00120. The third-order valence-electron chi connectivity index (χ3n) is 5.74. The van der Waals surface area contributed by atoms with E-state index in [1.54, 1.807) is 6.07 Å². The average molecular weight is 331 g/mol. The van der Waals surface area contributed by atoms with E-state index in [4.69, 9.17) is 4.74 Å². The Hall–Kier alpha value is -1.46. The van der Waals surface area contributed by atoms with Gasteiger partial charge in [-0.15, -0.1) is 0 Å². The number of fused-ring (bicyclic) bond motifs is 1. The minimum Gasteiger partial charge on any atom is -0.381 e. The summed E-state index contributed by atoms with van der Waals surface area (Å²) < 4.78 is 18.8. The normalized spacial score (nSPS) is 22.9. The van der Waals surface area contributed by atoms with Crippen LogP contribution in [0.1, 0.15) is 44.3 Å². The van der Waals surface area contributed by atoms with Gasteiger partial charge in [0.2, 0.25) is 0 Å². The minimum absolute atomic E-state index is 0.211. The molecule has 2 fully saturated rings. The molecule has 0 bridgehead atoms. The SMILES string of the molecule is CC1(CN2CCC(c3nc4ccc(F)cc4[nH]3)CC2)CCOCC1. The Bertz CT molecular complexity index is 700. The van der Waals surface area contributed by atoms with E-state index in [-0.39, 0.29) is 5.82 Å². The van der Waals surface area contributed by atoms with E-state index in [2.05, 4.69) is 21.8 Å². The second-order valence-corrected chi connectivity index (χ2v) is 7.76. The number of rotatable bonds is 3. The summed E-state index contributed by atoms with van der Waals surface area (Å²) in [5, 5.41) is 0. The molecule has 2 aliphatic rings. The lowest BCUT2D eigenvalue weighted by Crippen LogP contribution is -2.43. The van der Waals surface area contributed by atoms with Gasteiger partial charge in [-0.1, -0.05) is 6.92 Å². The van der Waals surface area contributed by atoms with E-state index in [9.17, 15) is 4.39 Å². The van der Waals surface area contributed by atoms with Crippen molar-refractivity contribution < 1.29 is 9.13 Å². The number of hydrogen-bond acceptors (Lipinski definition) is 3. The Balaban J connectivity index is 1.38. The number of piperidine rings is 1. The van der Waals surface area contributed by atoms with Crippen molar-refractivity contribution in [1.82, 2.24) is 14.9 Å². The van der Waals surface area contributed by atoms with Crippen molar-refractivity contribution in [2.24, 2.45) is 5.41 Å². The fraction of sp³-hybridized carbons (Fsp3) is 0.632. The number of halogens is 1. The maximum atomic E-state index is 13.3. The van der Waals surface area contributed by atoms with Gasteiger partial charge < -0.3 is 14.6 Å². The number of nitrogens with zero attached hydrogens (tertiary/aromatic N) is 2. The van der Waals surface area contributed by atoms with Crippen molar-refractivity contribution in [2.75, 3.05) is 32.8 Å². The first-order valence-electron chi connectivity index (χ1n) is 9.07. The number of likely N-dealkylation sites (tertiary alicyclic amines) is 1. The number of aromatic nitrogens is 2. The van der Waals surface area contributed by atoms with Crippen LogP contribution in [-0.2, 0) is 4.74 Å². The molecule has 3 heterocycles. The van der Waals surface area contributed by atoms with Crippen LogP contribution in [0.3, 0.4) is 0 Å². The minimum atomic E-state index is -0.211. The van der Waals surface area contributed by atoms with Crippen molar-refractivity contribution in [3.63, 3.8) is 0 Å². The van der Waals surface area contributed by atoms with Crippen LogP contribution >= 0.6 is 0 Å². The highest BCUT2D eigenvalue weighted by Gasteiger charge is 2.32. The summed E-state index contributed by atoms with van der Waals surface area (Å²) in [5.74, 6) is 1.27. The van der Waals surface area contributed by atoms with Gasteiger partial charge >= 0.3 is 0 Å². The number of aromatic amines is 1. The topological polar surface area (TPSA) is 41.2 Å². The summed E-state index contributed by atoms with van der Waals surface area (Å²) >= 11 is 0. The zero-order valence-electron chi connectivity index (χ0n) is 14.4. The van der Waals surface area contributed by atoms with E-state index in [0.717, 1.165) is 56.0 Å². The first-order valence-corrected chi connectivity index (χ1v) is 9.07. The summed E-state index contributed by atoms with van der Waals surface area (Å²) in [6.07, 6.45) is 4.58.